The van der Waals surface area contributed by atoms with Crippen LogP contribution < -0.4 is 5.32 Å². The number of hydrogen-bond donors (Lipinski definition) is 1. The zero-order chi connectivity index (χ0) is 16.7. The van der Waals surface area contributed by atoms with Crippen molar-refractivity contribution in [3.05, 3.63) is 64.9 Å². The van der Waals surface area contributed by atoms with Gasteiger partial charge in [-0.3, -0.25) is 14.6 Å². The second-order valence-corrected chi connectivity index (χ2v) is 5.44. The van der Waals surface area contributed by atoms with Crippen molar-refractivity contribution >= 4 is 23.4 Å². The van der Waals surface area contributed by atoms with Crippen LogP contribution in [0.2, 0.25) is 5.02 Å². The van der Waals surface area contributed by atoms with Crippen LogP contribution in [0.15, 0.2) is 48.8 Å². The predicted octanol–water partition coefficient (Wildman–Crippen LogP) is 2.51. The van der Waals surface area contributed by atoms with Crippen LogP contribution >= 0.6 is 11.6 Å². The van der Waals surface area contributed by atoms with Crippen LogP contribution in [0.3, 0.4) is 0 Å². The van der Waals surface area contributed by atoms with Crippen molar-refractivity contribution in [2.75, 3.05) is 13.1 Å². The van der Waals surface area contributed by atoms with Crippen LogP contribution in [-0.4, -0.2) is 34.8 Å². The Kier molecular flexibility index (Phi) is 6.11. The van der Waals surface area contributed by atoms with E-state index in [0.717, 1.165) is 5.56 Å². The molecule has 1 heterocycles. The summed E-state index contributed by atoms with van der Waals surface area (Å²) in [4.78, 5) is 29.5. The van der Waals surface area contributed by atoms with E-state index in [-0.39, 0.29) is 11.8 Å². The van der Waals surface area contributed by atoms with Crippen molar-refractivity contribution in [2.24, 2.45) is 0 Å². The van der Waals surface area contributed by atoms with Gasteiger partial charge in [-0.15, -0.1) is 0 Å². The maximum atomic E-state index is 12.1. The Bertz CT molecular complexity index is 677. The fourth-order valence-electron chi connectivity index (χ4n) is 2.10. The summed E-state index contributed by atoms with van der Waals surface area (Å²) in [7, 11) is 0. The smallest absolute Gasteiger partial charge is 0.252 e. The molecule has 0 atom stereocenters. The van der Waals surface area contributed by atoms with Crippen LogP contribution in [0, 0.1) is 0 Å². The van der Waals surface area contributed by atoms with Crippen LogP contribution in [0.4, 0.5) is 0 Å². The average Bonchev–Trinajstić information content (AvgIpc) is 2.55. The lowest BCUT2D eigenvalue weighted by molar-refractivity contribution is -0.129. The van der Waals surface area contributed by atoms with Crippen LogP contribution in [-0.2, 0) is 11.3 Å². The highest BCUT2D eigenvalue weighted by Gasteiger charge is 2.12. The topological polar surface area (TPSA) is 62.3 Å². The number of halogens is 1. The molecule has 0 aliphatic carbocycles. The fourth-order valence-corrected chi connectivity index (χ4v) is 2.33. The highest BCUT2D eigenvalue weighted by atomic mass is 35.5. The zero-order valence-corrected chi connectivity index (χ0v) is 13.6. The molecule has 5 nitrogen and oxygen atoms in total. The number of nitrogens with one attached hydrogen (secondary N) is 1. The van der Waals surface area contributed by atoms with E-state index < -0.39 is 0 Å². The summed E-state index contributed by atoms with van der Waals surface area (Å²) in [6.45, 7) is 2.74. The average molecular weight is 332 g/mol. The largest absolute Gasteiger partial charge is 0.350 e. The van der Waals surface area contributed by atoms with E-state index in [4.69, 9.17) is 11.6 Å². The number of benzene rings is 1. The molecule has 0 bridgehead atoms. The standard InChI is InChI=1S/C17H18ClN3O2/c1-13(22)21(12-14-5-4-8-19-11-14)10-9-20-17(23)15-6-2-3-7-16(15)18/h2-8,11H,9-10,12H2,1H3,(H,20,23). The van der Waals surface area contributed by atoms with E-state index in [0.29, 0.717) is 30.2 Å². The van der Waals surface area contributed by atoms with Gasteiger partial charge in [0.1, 0.15) is 0 Å². The Labute approximate surface area is 140 Å². The van der Waals surface area contributed by atoms with Gasteiger partial charge in [0.15, 0.2) is 0 Å². The molecule has 120 valence electrons. The molecule has 0 saturated heterocycles. The summed E-state index contributed by atoms with van der Waals surface area (Å²) in [5, 5.41) is 3.18. The maximum absolute atomic E-state index is 12.1. The first kappa shape index (κ1) is 17.0. The summed E-state index contributed by atoms with van der Waals surface area (Å²) in [5.74, 6) is -0.304. The first-order chi connectivity index (χ1) is 11.1. The third kappa shape index (κ3) is 5.07. The van der Waals surface area contributed by atoms with Gasteiger partial charge in [-0.2, -0.15) is 0 Å². The minimum atomic E-state index is -0.250. The quantitative estimate of drug-likeness (QED) is 0.884. The number of carbonyl (C=O) groups is 2. The summed E-state index contributed by atoms with van der Waals surface area (Å²) in [5.41, 5.74) is 1.37. The summed E-state index contributed by atoms with van der Waals surface area (Å²) < 4.78 is 0. The van der Waals surface area contributed by atoms with Gasteiger partial charge in [0.05, 0.1) is 10.6 Å². The number of rotatable bonds is 6. The Morgan fingerprint density at radius 3 is 2.65 bits per heavy atom. The highest BCUT2D eigenvalue weighted by molar-refractivity contribution is 6.33. The van der Waals surface area contributed by atoms with E-state index in [1.165, 1.54) is 6.92 Å². The molecule has 1 aromatic carbocycles. The molecule has 6 heteroatoms. The second-order valence-electron chi connectivity index (χ2n) is 5.04. The van der Waals surface area contributed by atoms with Crippen molar-refractivity contribution in [3.63, 3.8) is 0 Å². The molecule has 2 aromatic rings. The van der Waals surface area contributed by atoms with E-state index in [1.807, 2.05) is 12.1 Å². The molecule has 0 unspecified atom stereocenters. The van der Waals surface area contributed by atoms with E-state index >= 15 is 0 Å². The van der Waals surface area contributed by atoms with Crippen molar-refractivity contribution in [1.82, 2.24) is 15.2 Å². The van der Waals surface area contributed by atoms with E-state index in [9.17, 15) is 9.59 Å². The Balaban J connectivity index is 1.88. The second kappa shape index (κ2) is 8.29. The van der Waals surface area contributed by atoms with Crippen LogP contribution in [0.25, 0.3) is 0 Å². The molecule has 0 spiro atoms. The van der Waals surface area contributed by atoms with E-state index in [1.54, 1.807) is 41.6 Å². The number of aromatic nitrogens is 1. The SMILES string of the molecule is CC(=O)N(CCNC(=O)c1ccccc1Cl)Cc1cccnc1. The van der Waals surface area contributed by atoms with Gasteiger partial charge in [-0.05, 0) is 23.8 Å². The molecule has 23 heavy (non-hydrogen) atoms. The van der Waals surface area contributed by atoms with Crippen molar-refractivity contribution < 1.29 is 9.59 Å². The van der Waals surface area contributed by atoms with Gasteiger partial charge in [0.2, 0.25) is 5.91 Å². The minimum Gasteiger partial charge on any atom is -0.350 e. The monoisotopic (exact) mass is 331 g/mol. The molecule has 0 saturated carbocycles. The lowest BCUT2D eigenvalue weighted by atomic mass is 10.2. The number of hydrogen-bond acceptors (Lipinski definition) is 3. The van der Waals surface area contributed by atoms with Gasteiger partial charge in [0.25, 0.3) is 5.91 Å². The number of carbonyl (C=O) groups excluding carboxylic acids is 2. The first-order valence-electron chi connectivity index (χ1n) is 7.25. The summed E-state index contributed by atoms with van der Waals surface area (Å²) in [6.07, 6.45) is 3.41. The molecule has 0 radical (unpaired) electrons. The Hall–Kier alpha value is -2.40. The summed E-state index contributed by atoms with van der Waals surface area (Å²) in [6, 6.07) is 10.6. The molecule has 0 aliphatic heterocycles. The van der Waals surface area contributed by atoms with Gasteiger partial charge in [-0.1, -0.05) is 29.8 Å². The third-order valence-corrected chi connectivity index (χ3v) is 3.66. The fraction of sp³-hybridized carbons (Fsp3) is 0.235. The van der Waals surface area contributed by atoms with Gasteiger partial charge in [0, 0.05) is 39.0 Å². The first-order valence-corrected chi connectivity index (χ1v) is 7.63. The Morgan fingerprint density at radius 1 is 1.22 bits per heavy atom. The normalized spacial score (nSPS) is 10.2. The lowest BCUT2D eigenvalue weighted by Gasteiger charge is -2.21. The van der Waals surface area contributed by atoms with Gasteiger partial charge >= 0.3 is 0 Å². The molecular weight excluding hydrogens is 314 g/mol. The highest BCUT2D eigenvalue weighted by Crippen LogP contribution is 2.14. The van der Waals surface area contributed by atoms with Gasteiger partial charge < -0.3 is 10.2 Å². The molecule has 2 rings (SSSR count). The summed E-state index contributed by atoms with van der Waals surface area (Å²) >= 11 is 5.99. The number of nitrogens with zero attached hydrogens (tertiary/aromatic N) is 2. The molecule has 1 N–H and O–H groups in total. The van der Waals surface area contributed by atoms with E-state index in [2.05, 4.69) is 10.3 Å². The molecule has 0 aliphatic rings. The van der Waals surface area contributed by atoms with Crippen molar-refractivity contribution in [2.45, 2.75) is 13.5 Å². The van der Waals surface area contributed by atoms with Crippen molar-refractivity contribution in [1.29, 1.82) is 0 Å². The molecular formula is C17H18ClN3O2. The van der Waals surface area contributed by atoms with Crippen LogP contribution in [0.5, 0.6) is 0 Å². The number of amides is 2. The molecule has 1 aromatic heterocycles. The molecule has 2 amide bonds. The predicted molar refractivity (Wildman–Crippen MR) is 89.1 cm³/mol. The van der Waals surface area contributed by atoms with Gasteiger partial charge in [-0.25, -0.2) is 0 Å². The lowest BCUT2D eigenvalue weighted by Crippen LogP contribution is -2.37. The van der Waals surface area contributed by atoms with Crippen molar-refractivity contribution in [3.8, 4) is 0 Å². The zero-order valence-electron chi connectivity index (χ0n) is 12.8. The third-order valence-electron chi connectivity index (χ3n) is 3.33. The Morgan fingerprint density at radius 2 is 2.00 bits per heavy atom. The number of pyridine rings is 1. The van der Waals surface area contributed by atoms with Crippen LogP contribution in [0.1, 0.15) is 22.8 Å². The minimum absolute atomic E-state index is 0.0548. The molecule has 0 fully saturated rings. The maximum Gasteiger partial charge on any atom is 0.252 e.